The van der Waals surface area contributed by atoms with E-state index >= 15 is 0 Å². The van der Waals surface area contributed by atoms with Crippen LogP contribution in [0.3, 0.4) is 0 Å². The number of aromatic nitrogens is 8. The molecule has 5 aromatic rings. The predicted molar refractivity (Wildman–Crippen MR) is 127 cm³/mol. The van der Waals surface area contributed by atoms with Gasteiger partial charge in [0, 0.05) is 37.5 Å². The normalized spacial score (nSPS) is 11.6. The molecule has 0 aliphatic heterocycles. The minimum Gasteiger partial charge on any atom is -0.306 e. The summed E-state index contributed by atoms with van der Waals surface area (Å²) in [6, 6.07) is 15.5. The Balaban J connectivity index is 1.51. The molecule has 0 atom stereocenters. The zero-order valence-electron chi connectivity index (χ0n) is 19.7. The first-order valence-corrected chi connectivity index (χ1v) is 11.1. The van der Waals surface area contributed by atoms with Crippen molar-refractivity contribution in [1.82, 2.24) is 39.8 Å². The number of benzene rings is 2. The first-order valence-electron chi connectivity index (χ1n) is 11.1. The number of halogens is 3. The summed E-state index contributed by atoms with van der Waals surface area (Å²) in [6.07, 6.45) is -2.78. The van der Waals surface area contributed by atoms with E-state index < -0.39 is 17.6 Å². The highest BCUT2D eigenvalue weighted by Crippen LogP contribution is 2.37. The molecule has 13 heteroatoms. The largest absolute Gasteiger partial charge is 0.417 e. The standard InChI is InChI=1S/C24H20F3N9O/c1-34-11-10-20(31-34)18-12-15(8-9-19(18)24(25,26)27)23(37)28-21-13-16(14-22-29-32-33-35(22)2)30-36(21)17-6-4-3-5-7-17/h3-13H,14H2,1-2H3,(H,28,37). The second-order valence-electron chi connectivity index (χ2n) is 8.25. The van der Waals surface area contributed by atoms with Gasteiger partial charge in [-0.05, 0) is 46.8 Å². The molecule has 0 unspecified atom stereocenters. The number of alkyl halides is 3. The SMILES string of the molecule is Cn1ccc(-c2cc(C(=O)Nc3cc(Cc4nnnn4C)nn3-c3ccccc3)ccc2C(F)(F)F)n1. The van der Waals surface area contributed by atoms with E-state index in [0.29, 0.717) is 29.4 Å². The van der Waals surface area contributed by atoms with Crippen LogP contribution in [-0.2, 0) is 26.7 Å². The third-order valence-corrected chi connectivity index (χ3v) is 5.63. The van der Waals surface area contributed by atoms with Gasteiger partial charge in [-0.2, -0.15) is 23.4 Å². The van der Waals surface area contributed by atoms with Crippen LogP contribution in [0.25, 0.3) is 16.9 Å². The molecule has 0 aliphatic carbocycles. The molecule has 3 aromatic heterocycles. The maximum absolute atomic E-state index is 13.7. The first-order chi connectivity index (χ1) is 17.7. The van der Waals surface area contributed by atoms with Gasteiger partial charge in [0.05, 0.1) is 29.1 Å². The van der Waals surface area contributed by atoms with Crippen LogP contribution < -0.4 is 5.32 Å². The van der Waals surface area contributed by atoms with Crippen LogP contribution in [0.5, 0.6) is 0 Å². The second kappa shape index (κ2) is 9.33. The number of tetrazole rings is 1. The number of para-hydroxylation sites is 1. The lowest BCUT2D eigenvalue weighted by Gasteiger charge is -2.14. The molecule has 0 spiro atoms. The molecule has 0 aliphatic rings. The van der Waals surface area contributed by atoms with Gasteiger partial charge in [-0.3, -0.25) is 9.48 Å². The Morgan fingerprint density at radius 1 is 1.00 bits per heavy atom. The van der Waals surface area contributed by atoms with Crippen molar-refractivity contribution in [3.8, 4) is 16.9 Å². The van der Waals surface area contributed by atoms with Gasteiger partial charge in [0.1, 0.15) is 5.82 Å². The van der Waals surface area contributed by atoms with E-state index in [0.717, 1.165) is 12.1 Å². The molecular weight excluding hydrogens is 487 g/mol. The topological polar surface area (TPSA) is 108 Å². The second-order valence-corrected chi connectivity index (χ2v) is 8.25. The van der Waals surface area contributed by atoms with E-state index in [9.17, 15) is 18.0 Å². The maximum Gasteiger partial charge on any atom is 0.417 e. The van der Waals surface area contributed by atoms with Gasteiger partial charge >= 0.3 is 6.18 Å². The van der Waals surface area contributed by atoms with Crippen LogP contribution in [0.1, 0.15) is 27.4 Å². The van der Waals surface area contributed by atoms with Crippen molar-refractivity contribution in [2.45, 2.75) is 12.6 Å². The van der Waals surface area contributed by atoms with Crippen molar-refractivity contribution in [3.63, 3.8) is 0 Å². The van der Waals surface area contributed by atoms with E-state index in [4.69, 9.17) is 0 Å². The number of carbonyl (C=O) groups excluding carboxylic acids is 1. The molecule has 1 N–H and O–H groups in total. The molecule has 0 saturated heterocycles. The molecule has 5 rings (SSSR count). The van der Waals surface area contributed by atoms with E-state index in [2.05, 4.69) is 31.0 Å². The van der Waals surface area contributed by atoms with Gasteiger partial charge < -0.3 is 5.32 Å². The molecular formula is C24H20F3N9O. The van der Waals surface area contributed by atoms with Gasteiger partial charge in [-0.25, -0.2) is 9.36 Å². The zero-order valence-corrected chi connectivity index (χ0v) is 19.7. The fraction of sp³-hybridized carbons (Fsp3) is 0.167. The number of amides is 1. The Morgan fingerprint density at radius 2 is 1.78 bits per heavy atom. The van der Waals surface area contributed by atoms with Crippen LogP contribution in [0.15, 0.2) is 66.9 Å². The third kappa shape index (κ3) is 4.96. The number of aryl methyl sites for hydroxylation is 2. The Labute approximate surface area is 208 Å². The van der Waals surface area contributed by atoms with Crippen molar-refractivity contribution >= 4 is 11.7 Å². The molecule has 37 heavy (non-hydrogen) atoms. The van der Waals surface area contributed by atoms with Gasteiger partial charge in [0.2, 0.25) is 0 Å². The number of carbonyl (C=O) groups is 1. The molecule has 3 heterocycles. The van der Waals surface area contributed by atoms with E-state index in [1.54, 1.807) is 24.8 Å². The van der Waals surface area contributed by atoms with E-state index in [-0.39, 0.29) is 16.8 Å². The number of nitrogens with zero attached hydrogens (tertiary/aromatic N) is 8. The van der Waals surface area contributed by atoms with Crippen LogP contribution in [0.4, 0.5) is 19.0 Å². The van der Waals surface area contributed by atoms with E-state index in [1.165, 1.54) is 27.7 Å². The lowest BCUT2D eigenvalue weighted by Crippen LogP contribution is -2.16. The fourth-order valence-corrected chi connectivity index (χ4v) is 3.82. The minimum atomic E-state index is -4.61. The Morgan fingerprint density at radius 3 is 2.43 bits per heavy atom. The van der Waals surface area contributed by atoms with Crippen molar-refractivity contribution in [2.24, 2.45) is 14.1 Å². The number of anilines is 1. The van der Waals surface area contributed by atoms with Crippen molar-refractivity contribution in [2.75, 3.05) is 5.32 Å². The highest BCUT2D eigenvalue weighted by Gasteiger charge is 2.34. The Kier molecular flexibility index (Phi) is 6.03. The molecule has 0 saturated carbocycles. The Bertz CT molecular complexity index is 1570. The van der Waals surface area contributed by atoms with Crippen LogP contribution in [-0.4, -0.2) is 45.7 Å². The quantitative estimate of drug-likeness (QED) is 0.376. The number of nitrogens with one attached hydrogen (secondary N) is 1. The van der Waals surface area contributed by atoms with Crippen molar-refractivity contribution < 1.29 is 18.0 Å². The molecule has 1 amide bonds. The van der Waals surface area contributed by atoms with Gasteiger partial charge in [-0.15, -0.1) is 5.10 Å². The lowest BCUT2D eigenvalue weighted by molar-refractivity contribution is -0.137. The van der Waals surface area contributed by atoms with Gasteiger partial charge in [0.15, 0.2) is 5.82 Å². The molecule has 10 nitrogen and oxygen atoms in total. The highest BCUT2D eigenvalue weighted by molar-refractivity contribution is 6.04. The number of rotatable bonds is 6. The average molecular weight is 507 g/mol. The van der Waals surface area contributed by atoms with Gasteiger partial charge in [-0.1, -0.05) is 18.2 Å². The fourth-order valence-electron chi connectivity index (χ4n) is 3.82. The smallest absolute Gasteiger partial charge is 0.306 e. The van der Waals surface area contributed by atoms with Crippen molar-refractivity contribution in [1.29, 1.82) is 0 Å². The predicted octanol–water partition coefficient (Wildman–Crippen LogP) is 3.66. The summed E-state index contributed by atoms with van der Waals surface area (Å²) in [5.74, 6) is 0.300. The zero-order chi connectivity index (χ0) is 26.2. The molecule has 2 aromatic carbocycles. The Hall–Kier alpha value is -4.81. The summed E-state index contributed by atoms with van der Waals surface area (Å²) in [7, 11) is 3.31. The minimum absolute atomic E-state index is 0.0357. The molecule has 0 fully saturated rings. The highest BCUT2D eigenvalue weighted by atomic mass is 19.4. The van der Waals surface area contributed by atoms with E-state index in [1.807, 2.05) is 30.3 Å². The molecule has 0 radical (unpaired) electrons. The average Bonchev–Trinajstić information content (AvgIpc) is 3.59. The number of hydrogen-bond donors (Lipinski definition) is 1. The summed E-state index contributed by atoms with van der Waals surface area (Å²) in [4.78, 5) is 13.2. The monoisotopic (exact) mass is 507 g/mol. The maximum atomic E-state index is 13.7. The van der Waals surface area contributed by atoms with Crippen molar-refractivity contribution in [3.05, 3.63) is 89.5 Å². The van der Waals surface area contributed by atoms with Crippen LogP contribution >= 0.6 is 0 Å². The van der Waals surface area contributed by atoms with Crippen LogP contribution in [0, 0.1) is 0 Å². The van der Waals surface area contributed by atoms with Crippen LogP contribution in [0.2, 0.25) is 0 Å². The number of hydrogen-bond acceptors (Lipinski definition) is 6. The summed E-state index contributed by atoms with van der Waals surface area (Å²) in [5.41, 5.74) is 0.344. The summed E-state index contributed by atoms with van der Waals surface area (Å²) >= 11 is 0. The summed E-state index contributed by atoms with van der Waals surface area (Å²) < 4.78 is 45.5. The third-order valence-electron chi connectivity index (χ3n) is 5.63. The summed E-state index contributed by atoms with van der Waals surface area (Å²) in [6.45, 7) is 0. The molecule has 0 bridgehead atoms. The first kappa shape index (κ1) is 23.9. The lowest BCUT2D eigenvalue weighted by atomic mass is 10.0. The van der Waals surface area contributed by atoms with Gasteiger partial charge in [0.25, 0.3) is 5.91 Å². The molecule has 188 valence electrons. The summed E-state index contributed by atoms with van der Waals surface area (Å²) in [5, 5.41) is 22.9.